The molecule has 3 aromatic rings. The van der Waals surface area contributed by atoms with Crippen molar-refractivity contribution in [2.45, 2.75) is 31.5 Å². The Hall–Kier alpha value is -3.35. The van der Waals surface area contributed by atoms with E-state index >= 15 is 0 Å². The SMILES string of the molecule is CCNC(=O)[C@H]1O[C@@H](n2cnc3c(NC)nc(-c4cncc(OC)c4)nc32)[C@H](O)[C@@H]1O. The number of methoxy groups -OCH3 is 1. The average Bonchev–Trinajstić information content (AvgIpc) is 3.34. The summed E-state index contributed by atoms with van der Waals surface area (Å²) in [6.07, 6.45) is -0.458. The third kappa shape index (κ3) is 3.65. The van der Waals surface area contributed by atoms with Crippen LogP contribution in [0.4, 0.5) is 5.82 Å². The standard InChI is InChI=1S/C19H23N7O5/c1-4-22-18(29)14-12(27)13(28)19(31-14)26-8-23-11-16(20-2)24-15(25-17(11)26)9-5-10(30-3)7-21-6-9/h5-8,12-14,19,27-28H,4H2,1-3H3,(H,22,29)(H,20,24,25)/t12-,13+,14-,19+/m0/s1. The first-order chi connectivity index (χ1) is 15.0. The third-order valence-electron chi connectivity index (χ3n) is 4.99. The van der Waals surface area contributed by atoms with Gasteiger partial charge in [0.05, 0.1) is 19.6 Å². The monoisotopic (exact) mass is 429 g/mol. The number of fused-ring (bicyclic) bond motifs is 1. The first kappa shape index (κ1) is 20.9. The molecule has 0 bridgehead atoms. The minimum atomic E-state index is -1.40. The lowest BCUT2D eigenvalue weighted by Crippen LogP contribution is -2.42. The second kappa shape index (κ2) is 8.41. The number of aliphatic hydroxyl groups is 2. The smallest absolute Gasteiger partial charge is 0.252 e. The lowest BCUT2D eigenvalue weighted by molar-refractivity contribution is -0.137. The molecule has 1 aliphatic heterocycles. The highest BCUT2D eigenvalue weighted by Crippen LogP contribution is 2.33. The van der Waals surface area contributed by atoms with E-state index in [-0.39, 0.29) is 0 Å². The molecule has 4 atom stereocenters. The number of carbonyl (C=O) groups excluding carboxylic acids is 1. The van der Waals surface area contributed by atoms with E-state index in [1.54, 1.807) is 32.4 Å². The van der Waals surface area contributed by atoms with Gasteiger partial charge < -0.3 is 30.3 Å². The maximum Gasteiger partial charge on any atom is 0.252 e. The minimum Gasteiger partial charge on any atom is -0.495 e. The van der Waals surface area contributed by atoms with Crippen molar-refractivity contribution < 1.29 is 24.5 Å². The number of carbonyl (C=O) groups is 1. The molecule has 0 unspecified atom stereocenters. The van der Waals surface area contributed by atoms with Gasteiger partial charge >= 0.3 is 0 Å². The summed E-state index contributed by atoms with van der Waals surface area (Å²) in [4.78, 5) is 29.7. The van der Waals surface area contributed by atoms with Crippen molar-refractivity contribution in [3.05, 3.63) is 24.8 Å². The summed E-state index contributed by atoms with van der Waals surface area (Å²) < 4.78 is 12.4. The Morgan fingerprint density at radius 3 is 2.81 bits per heavy atom. The van der Waals surface area contributed by atoms with E-state index in [0.29, 0.717) is 40.7 Å². The molecule has 0 radical (unpaired) electrons. The fourth-order valence-electron chi connectivity index (χ4n) is 3.44. The largest absolute Gasteiger partial charge is 0.495 e. The van der Waals surface area contributed by atoms with E-state index in [1.807, 2.05) is 0 Å². The maximum atomic E-state index is 12.2. The zero-order valence-corrected chi connectivity index (χ0v) is 17.2. The molecule has 4 rings (SSSR count). The van der Waals surface area contributed by atoms with E-state index in [4.69, 9.17) is 9.47 Å². The van der Waals surface area contributed by atoms with Crippen molar-refractivity contribution in [1.29, 1.82) is 0 Å². The van der Waals surface area contributed by atoms with Crippen LogP contribution in [0.5, 0.6) is 5.75 Å². The number of nitrogens with zero attached hydrogens (tertiary/aromatic N) is 5. The summed E-state index contributed by atoms with van der Waals surface area (Å²) in [5, 5.41) is 26.5. The Kier molecular flexibility index (Phi) is 5.67. The van der Waals surface area contributed by atoms with E-state index in [1.165, 1.54) is 18.0 Å². The van der Waals surface area contributed by atoms with Crippen LogP contribution < -0.4 is 15.4 Å². The quantitative estimate of drug-likeness (QED) is 0.410. The second-order valence-corrected chi connectivity index (χ2v) is 6.91. The van der Waals surface area contributed by atoms with Crippen LogP contribution in [-0.4, -0.2) is 79.6 Å². The predicted molar refractivity (Wildman–Crippen MR) is 109 cm³/mol. The number of aliphatic hydroxyl groups excluding tert-OH is 2. The fourth-order valence-corrected chi connectivity index (χ4v) is 3.44. The number of hydrogen-bond donors (Lipinski definition) is 4. The number of pyridine rings is 1. The molecule has 0 aliphatic carbocycles. The Labute approximate surface area is 177 Å². The van der Waals surface area contributed by atoms with E-state index in [2.05, 4.69) is 30.6 Å². The van der Waals surface area contributed by atoms with Gasteiger partial charge in [0.1, 0.15) is 18.0 Å². The van der Waals surface area contributed by atoms with Crippen molar-refractivity contribution in [2.24, 2.45) is 0 Å². The highest BCUT2D eigenvalue weighted by atomic mass is 16.6. The molecule has 3 aromatic heterocycles. The zero-order valence-electron chi connectivity index (χ0n) is 17.2. The average molecular weight is 429 g/mol. The number of ether oxygens (including phenoxy) is 2. The van der Waals surface area contributed by atoms with Gasteiger partial charge in [0, 0.05) is 25.4 Å². The van der Waals surface area contributed by atoms with Crippen LogP contribution >= 0.6 is 0 Å². The van der Waals surface area contributed by atoms with Crippen molar-refractivity contribution in [3.63, 3.8) is 0 Å². The van der Waals surface area contributed by atoms with Crippen LogP contribution in [0.3, 0.4) is 0 Å². The van der Waals surface area contributed by atoms with Crippen LogP contribution in [0.2, 0.25) is 0 Å². The molecular weight excluding hydrogens is 406 g/mol. The highest BCUT2D eigenvalue weighted by molar-refractivity contribution is 5.85. The molecule has 1 fully saturated rings. The molecule has 0 saturated carbocycles. The van der Waals surface area contributed by atoms with E-state index < -0.39 is 30.4 Å². The molecule has 0 aromatic carbocycles. The summed E-state index contributed by atoms with van der Waals surface area (Å²) in [5.41, 5.74) is 1.40. The number of aromatic nitrogens is 5. The molecule has 12 nitrogen and oxygen atoms in total. The predicted octanol–water partition coefficient (Wildman–Crippen LogP) is -0.306. The molecule has 1 aliphatic rings. The number of hydrogen-bond acceptors (Lipinski definition) is 10. The molecule has 0 spiro atoms. The van der Waals surface area contributed by atoms with Gasteiger partial charge in [-0.3, -0.25) is 14.3 Å². The molecule has 1 amide bonds. The van der Waals surface area contributed by atoms with Gasteiger partial charge in [0.25, 0.3) is 5.91 Å². The van der Waals surface area contributed by atoms with Gasteiger partial charge in [-0.2, -0.15) is 0 Å². The van der Waals surface area contributed by atoms with Crippen molar-refractivity contribution in [3.8, 4) is 17.1 Å². The zero-order chi connectivity index (χ0) is 22.1. The molecule has 4 heterocycles. The Balaban J connectivity index is 1.78. The minimum absolute atomic E-state index is 0.346. The van der Waals surface area contributed by atoms with Gasteiger partial charge in [-0.15, -0.1) is 0 Å². The molecule has 4 N–H and O–H groups in total. The second-order valence-electron chi connectivity index (χ2n) is 6.91. The number of nitrogens with one attached hydrogen (secondary N) is 2. The number of amides is 1. The Bertz CT molecular complexity index is 1100. The normalized spacial score (nSPS) is 23.1. The summed E-state index contributed by atoms with van der Waals surface area (Å²) in [6, 6.07) is 1.74. The fraction of sp³-hybridized carbons (Fsp3) is 0.421. The van der Waals surface area contributed by atoms with Crippen LogP contribution in [0, 0.1) is 0 Å². The van der Waals surface area contributed by atoms with Crippen molar-refractivity contribution in [1.82, 2.24) is 29.8 Å². The molecule has 164 valence electrons. The molecule has 12 heteroatoms. The van der Waals surface area contributed by atoms with Crippen LogP contribution in [0.1, 0.15) is 13.2 Å². The topological polar surface area (TPSA) is 157 Å². The van der Waals surface area contributed by atoms with Gasteiger partial charge in [0.2, 0.25) is 0 Å². The third-order valence-corrected chi connectivity index (χ3v) is 4.99. The van der Waals surface area contributed by atoms with Gasteiger partial charge in [-0.1, -0.05) is 0 Å². The Morgan fingerprint density at radius 2 is 2.10 bits per heavy atom. The highest BCUT2D eigenvalue weighted by Gasteiger charge is 2.47. The number of rotatable bonds is 6. The van der Waals surface area contributed by atoms with Crippen molar-refractivity contribution in [2.75, 3.05) is 26.0 Å². The summed E-state index contributed by atoms with van der Waals surface area (Å²) in [5.74, 6) is 0.839. The maximum absolute atomic E-state index is 12.2. The summed E-state index contributed by atoms with van der Waals surface area (Å²) in [7, 11) is 3.23. The first-order valence-electron chi connectivity index (χ1n) is 9.69. The van der Waals surface area contributed by atoms with E-state index in [0.717, 1.165) is 0 Å². The first-order valence-corrected chi connectivity index (χ1v) is 9.69. The molecule has 1 saturated heterocycles. The van der Waals surface area contributed by atoms with E-state index in [9.17, 15) is 15.0 Å². The molecule has 31 heavy (non-hydrogen) atoms. The van der Waals surface area contributed by atoms with Gasteiger partial charge in [0.15, 0.2) is 35.1 Å². The van der Waals surface area contributed by atoms with Gasteiger partial charge in [-0.25, -0.2) is 15.0 Å². The molecular formula is C19H23N7O5. The number of likely N-dealkylation sites (N-methyl/N-ethyl adjacent to an activating group) is 1. The van der Waals surface area contributed by atoms with Gasteiger partial charge in [-0.05, 0) is 13.0 Å². The lowest BCUT2D eigenvalue weighted by atomic mass is 10.1. The lowest BCUT2D eigenvalue weighted by Gasteiger charge is -2.17. The summed E-state index contributed by atoms with van der Waals surface area (Å²) >= 11 is 0. The Morgan fingerprint density at radius 1 is 1.29 bits per heavy atom. The van der Waals surface area contributed by atoms with Crippen LogP contribution in [0.15, 0.2) is 24.8 Å². The number of imidazole rings is 1. The van der Waals surface area contributed by atoms with Crippen molar-refractivity contribution >= 4 is 22.9 Å². The number of anilines is 1. The van der Waals surface area contributed by atoms with Crippen LogP contribution in [0.25, 0.3) is 22.6 Å². The summed E-state index contributed by atoms with van der Waals surface area (Å²) in [6.45, 7) is 2.12. The van der Waals surface area contributed by atoms with Crippen LogP contribution in [-0.2, 0) is 9.53 Å².